The molecule has 0 aromatic carbocycles. The van der Waals surface area contributed by atoms with Gasteiger partial charge in [-0.05, 0) is 49.9 Å². The van der Waals surface area contributed by atoms with Crippen LogP contribution in [0.1, 0.15) is 19.3 Å². The van der Waals surface area contributed by atoms with E-state index in [9.17, 15) is 9.59 Å². The highest BCUT2D eigenvalue weighted by Gasteiger charge is 2.55. The lowest BCUT2D eigenvalue weighted by Crippen LogP contribution is -2.59. The molecule has 2 heterocycles. The largest absolute Gasteiger partial charge is 0.372 e. The normalized spacial score (nSPS) is 38.3. The Hall–Kier alpha value is -1.60. The zero-order valence-corrected chi connectivity index (χ0v) is 16.3. The Kier molecular flexibility index (Phi) is 4.71. The number of allylic oxidation sites excluding steroid dienone is 3. The van der Waals surface area contributed by atoms with Crippen molar-refractivity contribution in [3.8, 4) is 0 Å². The molecular formula is C21H28N2O4. The molecule has 0 amide bonds. The number of ether oxygens (including phenoxy) is 2. The molecule has 0 aromatic heterocycles. The van der Waals surface area contributed by atoms with Gasteiger partial charge in [0.25, 0.3) is 0 Å². The average Bonchev–Trinajstić information content (AvgIpc) is 2.97. The van der Waals surface area contributed by atoms with Gasteiger partial charge in [0.2, 0.25) is 0 Å². The number of hydrogen-bond acceptors (Lipinski definition) is 6. The number of likely N-dealkylation sites (N-methyl/N-ethyl adjacent to an activating group) is 1. The van der Waals surface area contributed by atoms with Crippen molar-refractivity contribution in [3.63, 3.8) is 0 Å². The third kappa shape index (κ3) is 3.14. The summed E-state index contributed by atoms with van der Waals surface area (Å²) in [4.78, 5) is 28.5. The lowest BCUT2D eigenvalue weighted by Gasteiger charge is -2.46. The molecule has 0 N–H and O–H groups in total. The highest BCUT2D eigenvalue weighted by molar-refractivity contribution is 6.00. The van der Waals surface area contributed by atoms with Crippen LogP contribution in [0.4, 0.5) is 0 Å². The smallest absolute Gasteiger partial charge is 0.178 e. The van der Waals surface area contributed by atoms with E-state index in [1.165, 1.54) is 0 Å². The van der Waals surface area contributed by atoms with E-state index in [-0.39, 0.29) is 29.3 Å². The third-order valence-electron chi connectivity index (χ3n) is 6.85. The number of piperazine rings is 1. The summed E-state index contributed by atoms with van der Waals surface area (Å²) in [6.45, 7) is 1.79. The van der Waals surface area contributed by atoms with Crippen molar-refractivity contribution in [1.82, 2.24) is 9.80 Å². The summed E-state index contributed by atoms with van der Waals surface area (Å²) in [6.07, 6.45) is 12.8. The quantitative estimate of drug-likeness (QED) is 0.737. The van der Waals surface area contributed by atoms with Gasteiger partial charge in [-0.2, -0.15) is 0 Å². The fraction of sp³-hybridized carbons (Fsp3) is 0.619. The second-order valence-electron chi connectivity index (χ2n) is 8.26. The molecule has 2 saturated heterocycles. The van der Waals surface area contributed by atoms with Crippen molar-refractivity contribution < 1.29 is 19.1 Å². The number of fused-ring (bicyclic) bond motifs is 3. The number of rotatable bonds is 4. The highest BCUT2D eigenvalue weighted by Crippen LogP contribution is 2.44. The SMILES string of the molecule is COC1(C[C@H]2CN3[C@H](CN2C)C[C@@]2(OC)C=CC(=O)C[C@@H]32)C=CC(=O)C=C1. The highest BCUT2D eigenvalue weighted by atomic mass is 16.5. The Morgan fingerprint density at radius 2 is 1.81 bits per heavy atom. The van der Waals surface area contributed by atoms with Crippen LogP contribution >= 0.6 is 0 Å². The summed E-state index contributed by atoms with van der Waals surface area (Å²) in [5.41, 5.74) is -0.912. The summed E-state index contributed by atoms with van der Waals surface area (Å²) < 4.78 is 11.7. The second-order valence-corrected chi connectivity index (χ2v) is 8.26. The minimum Gasteiger partial charge on any atom is -0.372 e. The molecule has 4 atom stereocenters. The van der Waals surface area contributed by atoms with E-state index in [4.69, 9.17) is 9.47 Å². The molecule has 27 heavy (non-hydrogen) atoms. The van der Waals surface area contributed by atoms with Crippen LogP contribution in [0.5, 0.6) is 0 Å². The first-order chi connectivity index (χ1) is 12.9. The minimum atomic E-state index is -0.556. The van der Waals surface area contributed by atoms with Gasteiger partial charge >= 0.3 is 0 Å². The maximum atomic E-state index is 12.1. The standard InChI is InChI=1S/C21H28N2O4/c1-22-13-16-12-21(27-3)9-6-18(25)10-19(21)23(16)14-15(22)11-20(26-2)7-4-17(24)5-8-20/h4-9,15-16,19H,10-14H2,1-3H3/t15-,16-,19+,21-/m0/s1. The number of hydrogen-bond donors (Lipinski definition) is 0. The van der Waals surface area contributed by atoms with Crippen LogP contribution < -0.4 is 0 Å². The van der Waals surface area contributed by atoms with Crippen LogP contribution in [0, 0.1) is 0 Å². The van der Waals surface area contributed by atoms with Gasteiger partial charge in [-0.15, -0.1) is 0 Å². The van der Waals surface area contributed by atoms with Crippen molar-refractivity contribution in [2.45, 2.75) is 48.6 Å². The van der Waals surface area contributed by atoms with Gasteiger partial charge in [-0.1, -0.05) is 0 Å². The van der Waals surface area contributed by atoms with E-state index in [0.717, 1.165) is 25.9 Å². The Labute approximate surface area is 160 Å². The molecule has 0 saturated carbocycles. The third-order valence-corrected chi connectivity index (χ3v) is 6.85. The molecule has 0 radical (unpaired) electrons. The lowest BCUT2D eigenvalue weighted by atomic mass is 9.85. The lowest BCUT2D eigenvalue weighted by molar-refractivity contribution is -0.119. The number of methoxy groups -OCH3 is 2. The first-order valence-corrected chi connectivity index (χ1v) is 9.61. The molecule has 0 bridgehead atoms. The van der Waals surface area contributed by atoms with Gasteiger partial charge in [-0.3, -0.25) is 14.5 Å². The predicted octanol–water partition coefficient (Wildman–Crippen LogP) is 1.13. The summed E-state index contributed by atoms with van der Waals surface area (Å²) in [5, 5.41) is 0. The van der Waals surface area contributed by atoms with E-state index in [2.05, 4.69) is 16.8 Å². The van der Waals surface area contributed by atoms with Crippen LogP contribution in [-0.2, 0) is 19.1 Å². The van der Waals surface area contributed by atoms with Crippen molar-refractivity contribution in [1.29, 1.82) is 0 Å². The van der Waals surface area contributed by atoms with E-state index < -0.39 is 5.60 Å². The minimum absolute atomic E-state index is 0.00309. The van der Waals surface area contributed by atoms with Crippen molar-refractivity contribution in [2.75, 3.05) is 34.4 Å². The Bertz CT molecular complexity index is 712. The molecule has 4 rings (SSSR count). The van der Waals surface area contributed by atoms with Gasteiger partial charge in [0, 0.05) is 58.3 Å². The topological polar surface area (TPSA) is 59.1 Å². The van der Waals surface area contributed by atoms with Crippen LogP contribution in [0.15, 0.2) is 36.5 Å². The van der Waals surface area contributed by atoms with Gasteiger partial charge in [-0.25, -0.2) is 0 Å². The van der Waals surface area contributed by atoms with Crippen molar-refractivity contribution in [3.05, 3.63) is 36.5 Å². The van der Waals surface area contributed by atoms with Crippen LogP contribution in [0.25, 0.3) is 0 Å². The van der Waals surface area contributed by atoms with Gasteiger partial charge in [0.1, 0.15) is 11.2 Å². The van der Waals surface area contributed by atoms with Gasteiger partial charge in [0.15, 0.2) is 11.6 Å². The molecule has 0 aromatic rings. The maximum absolute atomic E-state index is 12.1. The number of ketones is 2. The Morgan fingerprint density at radius 3 is 2.48 bits per heavy atom. The number of nitrogens with zero attached hydrogens (tertiary/aromatic N) is 2. The fourth-order valence-corrected chi connectivity index (χ4v) is 5.22. The monoisotopic (exact) mass is 372 g/mol. The first kappa shape index (κ1) is 18.7. The Morgan fingerprint density at radius 1 is 1.07 bits per heavy atom. The van der Waals surface area contributed by atoms with Crippen molar-refractivity contribution >= 4 is 11.6 Å². The molecule has 2 aliphatic carbocycles. The van der Waals surface area contributed by atoms with Gasteiger partial charge < -0.3 is 14.4 Å². The number of carbonyl (C=O) groups is 2. The zero-order valence-electron chi connectivity index (χ0n) is 16.3. The molecule has 2 fully saturated rings. The molecule has 146 valence electrons. The van der Waals surface area contributed by atoms with E-state index in [1.807, 2.05) is 18.2 Å². The summed E-state index contributed by atoms with van der Waals surface area (Å²) in [7, 11) is 5.59. The van der Waals surface area contributed by atoms with Crippen LogP contribution in [0.2, 0.25) is 0 Å². The van der Waals surface area contributed by atoms with E-state index in [0.29, 0.717) is 12.5 Å². The van der Waals surface area contributed by atoms with E-state index in [1.54, 1.807) is 32.4 Å². The van der Waals surface area contributed by atoms with Gasteiger partial charge in [0.05, 0.1) is 0 Å². The average molecular weight is 372 g/mol. The molecule has 0 spiro atoms. The fourth-order valence-electron chi connectivity index (χ4n) is 5.22. The molecule has 2 aliphatic heterocycles. The molecular weight excluding hydrogens is 344 g/mol. The first-order valence-electron chi connectivity index (χ1n) is 9.61. The van der Waals surface area contributed by atoms with Crippen molar-refractivity contribution in [2.24, 2.45) is 0 Å². The molecule has 4 aliphatic rings. The maximum Gasteiger partial charge on any atom is 0.178 e. The van der Waals surface area contributed by atoms with Crippen LogP contribution in [0.3, 0.4) is 0 Å². The molecule has 6 nitrogen and oxygen atoms in total. The second kappa shape index (κ2) is 6.78. The zero-order chi connectivity index (χ0) is 19.2. The number of carbonyl (C=O) groups excluding carboxylic acids is 2. The Balaban J connectivity index is 1.56. The summed E-state index contributed by atoms with van der Waals surface area (Å²) in [5.74, 6) is 0.172. The summed E-state index contributed by atoms with van der Waals surface area (Å²) >= 11 is 0. The predicted molar refractivity (Wildman–Crippen MR) is 101 cm³/mol. The molecule has 6 heteroatoms. The van der Waals surface area contributed by atoms with E-state index >= 15 is 0 Å². The summed E-state index contributed by atoms with van der Waals surface area (Å²) in [6, 6.07) is 0.736. The molecule has 0 unspecified atom stereocenters. The van der Waals surface area contributed by atoms with Crippen LogP contribution in [-0.4, -0.2) is 85.1 Å².